The Labute approximate surface area is 126 Å². The highest BCUT2D eigenvalue weighted by Gasteiger charge is 2.08. The van der Waals surface area contributed by atoms with Gasteiger partial charge in [0.05, 0.1) is 12.1 Å². The SMILES string of the molecule is O=C(O)Cc1nc(-c2ccc(-c3ccccc3)cc2)cs1. The number of carboxylic acids is 1. The van der Waals surface area contributed by atoms with Crippen LogP contribution in [0.15, 0.2) is 60.0 Å². The van der Waals surface area contributed by atoms with Crippen LogP contribution < -0.4 is 0 Å². The van der Waals surface area contributed by atoms with Gasteiger partial charge in [0, 0.05) is 10.9 Å². The molecule has 0 unspecified atom stereocenters. The third-order valence-electron chi connectivity index (χ3n) is 3.14. The van der Waals surface area contributed by atoms with Crippen molar-refractivity contribution in [1.29, 1.82) is 0 Å². The summed E-state index contributed by atoms with van der Waals surface area (Å²) in [5, 5.41) is 11.3. The van der Waals surface area contributed by atoms with Crippen molar-refractivity contribution < 1.29 is 9.90 Å². The Kier molecular flexibility index (Phi) is 3.79. The fourth-order valence-electron chi connectivity index (χ4n) is 2.12. The van der Waals surface area contributed by atoms with Gasteiger partial charge < -0.3 is 5.11 Å². The molecule has 0 saturated carbocycles. The number of carboxylic acid groups (broad SMARTS) is 1. The maximum absolute atomic E-state index is 10.7. The summed E-state index contributed by atoms with van der Waals surface area (Å²) in [6.07, 6.45) is -0.0211. The molecule has 1 heterocycles. The van der Waals surface area contributed by atoms with Crippen molar-refractivity contribution in [2.45, 2.75) is 6.42 Å². The Balaban J connectivity index is 1.84. The molecule has 0 amide bonds. The topological polar surface area (TPSA) is 50.2 Å². The van der Waals surface area contributed by atoms with Crippen LogP contribution in [0.4, 0.5) is 0 Å². The largest absolute Gasteiger partial charge is 0.481 e. The molecular formula is C17H13NO2S. The van der Waals surface area contributed by atoms with Crippen molar-refractivity contribution >= 4 is 17.3 Å². The molecular weight excluding hydrogens is 282 g/mol. The van der Waals surface area contributed by atoms with Gasteiger partial charge in [-0.1, -0.05) is 54.6 Å². The highest BCUT2D eigenvalue weighted by Crippen LogP contribution is 2.26. The summed E-state index contributed by atoms with van der Waals surface area (Å²) in [6, 6.07) is 18.3. The van der Waals surface area contributed by atoms with Crippen LogP contribution in [0.2, 0.25) is 0 Å². The predicted octanol–water partition coefficient (Wildman–Crippen LogP) is 4.10. The van der Waals surface area contributed by atoms with E-state index in [2.05, 4.69) is 29.2 Å². The zero-order valence-electron chi connectivity index (χ0n) is 11.2. The van der Waals surface area contributed by atoms with Gasteiger partial charge in [-0.3, -0.25) is 4.79 Å². The number of hydrogen-bond donors (Lipinski definition) is 1. The predicted molar refractivity (Wildman–Crippen MR) is 84.3 cm³/mol. The van der Waals surface area contributed by atoms with E-state index in [-0.39, 0.29) is 6.42 Å². The van der Waals surface area contributed by atoms with Crippen molar-refractivity contribution in [1.82, 2.24) is 4.98 Å². The van der Waals surface area contributed by atoms with E-state index in [1.807, 2.05) is 35.7 Å². The van der Waals surface area contributed by atoms with Gasteiger partial charge in [0.15, 0.2) is 0 Å². The van der Waals surface area contributed by atoms with Gasteiger partial charge in [0.1, 0.15) is 5.01 Å². The molecule has 0 aliphatic heterocycles. The van der Waals surface area contributed by atoms with E-state index in [0.29, 0.717) is 5.01 Å². The lowest BCUT2D eigenvalue weighted by molar-refractivity contribution is -0.136. The minimum Gasteiger partial charge on any atom is -0.481 e. The second-order valence-corrected chi connectivity index (χ2v) is 5.58. The molecule has 0 spiro atoms. The van der Waals surface area contributed by atoms with Gasteiger partial charge in [0.2, 0.25) is 0 Å². The van der Waals surface area contributed by atoms with E-state index in [1.165, 1.54) is 16.9 Å². The van der Waals surface area contributed by atoms with Gasteiger partial charge in [-0.05, 0) is 11.1 Å². The zero-order chi connectivity index (χ0) is 14.7. The quantitative estimate of drug-likeness (QED) is 0.788. The van der Waals surface area contributed by atoms with Crippen LogP contribution in [-0.4, -0.2) is 16.1 Å². The number of aromatic nitrogens is 1. The monoisotopic (exact) mass is 295 g/mol. The zero-order valence-corrected chi connectivity index (χ0v) is 12.0. The van der Waals surface area contributed by atoms with E-state index in [0.717, 1.165) is 16.8 Å². The Morgan fingerprint density at radius 2 is 1.57 bits per heavy atom. The van der Waals surface area contributed by atoms with Crippen molar-refractivity contribution in [2.75, 3.05) is 0 Å². The Hall–Kier alpha value is -2.46. The van der Waals surface area contributed by atoms with Crippen LogP contribution >= 0.6 is 11.3 Å². The molecule has 1 aromatic heterocycles. The summed E-state index contributed by atoms with van der Waals surface area (Å²) in [6.45, 7) is 0. The molecule has 0 aliphatic rings. The number of aliphatic carboxylic acids is 1. The molecule has 3 rings (SSSR count). The minimum atomic E-state index is -0.852. The van der Waals surface area contributed by atoms with Gasteiger partial charge in [-0.2, -0.15) is 0 Å². The summed E-state index contributed by atoms with van der Waals surface area (Å²) < 4.78 is 0. The van der Waals surface area contributed by atoms with E-state index in [1.54, 1.807) is 0 Å². The number of thiazole rings is 1. The maximum atomic E-state index is 10.7. The average molecular weight is 295 g/mol. The van der Waals surface area contributed by atoms with Crippen molar-refractivity contribution in [2.24, 2.45) is 0 Å². The number of rotatable bonds is 4. The van der Waals surface area contributed by atoms with Crippen LogP contribution in [0.5, 0.6) is 0 Å². The standard InChI is InChI=1S/C17H13NO2S/c19-17(20)10-16-18-15(11-21-16)14-8-6-13(7-9-14)12-4-2-1-3-5-12/h1-9,11H,10H2,(H,19,20). The molecule has 21 heavy (non-hydrogen) atoms. The summed E-state index contributed by atoms with van der Waals surface area (Å²) in [7, 11) is 0. The summed E-state index contributed by atoms with van der Waals surface area (Å²) in [5.41, 5.74) is 4.16. The molecule has 104 valence electrons. The van der Waals surface area contributed by atoms with Gasteiger partial charge >= 0.3 is 5.97 Å². The van der Waals surface area contributed by atoms with Crippen molar-refractivity contribution in [3.05, 3.63) is 65.0 Å². The number of nitrogens with zero attached hydrogens (tertiary/aromatic N) is 1. The van der Waals surface area contributed by atoms with Crippen molar-refractivity contribution in [3.63, 3.8) is 0 Å². The summed E-state index contributed by atoms with van der Waals surface area (Å²) in [5.74, 6) is -0.852. The molecule has 0 atom stereocenters. The van der Waals surface area contributed by atoms with E-state index >= 15 is 0 Å². The lowest BCUT2D eigenvalue weighted by Gasteiger charge is -2.02. The van der Waals surface area contributed by atoms with Crippen molar-refractivity contribution in [3.8, 4) is 22.4 Å². The maximum Gasteiger partial charge on any atom is 0.310 e. The van der Waals surface area contributed by atoms with Gasteiger partial charge in [-0.25, -0.2) is 4.98 Å². The van der Waals surface area contributed by atoms with Crippen LogP contribution in [-0.2, 0) is 11.2 Å². The lowest BCUT2D eigenvalue weighted by Crippen LogP contribution is -1.99. The second-order valence-electron chi connectivity index (χ2n) is 4.64. The first-order valence-electron chi connectivity index (χ1n) is 6.54. The molecule has 3 aromatic rings. The van der Waals surface area contributed by atoms with E-state index in [4.69, 9.17) is 5.11 Å². The molecule has 2 aromatic carbocycles. The lowest BCUT2D eigenvalue weighted by atomic mass is 10.0. The highest BCUT2D eigenvalue weighted by molar-refractivity contribution is 7.10. The second kappa shape index (κ2) is 5.89. The molecule has 0 bridgehead atoms. The fourth-order valence-corrected chi connectivity index (χ4v) is 2.91. The molecule has 0 radical (unpaired) electrons. The van der Waals surface area contributed by atoms with E-state index < -0.39 is 5.97 Å². The highest BCUT2D eigenvalue weighted by atomic mass is 32.1. The smallest absolute Gasteiger partial charge is 0.310 e. The molecule has 0 aliphatic carbocycles. The normalized spacial score (nSPS) is 10.5. The summed E-state index contributed by atoms with van der Waals surface area (Å²) in [4.78, 5) is 15.0. The Bertz CT molecular complexity index is 748. The third-order valence-corrected chi connectivity index (χ3v) is 3.99. The van der Waals surface area contributed by atoms with Crippen LogP contribution in [0.3, 0.4) is 0 Å². The first-order chi connectivity index (χ1) is 10.2. The molecule has 3 nitrogen and oxygen atoms in total. The van der Waals surface area contributed by atoms with Crippen LogP contribution in [0.1, 0.15) is 5.01 Å². The molecule has 4 heteroatoms. The minimum absolute atomic E-state index is 0.0211. The fraction of sp³-hybridized carbons (Fsp3) is 0.0588. The molecule has 1 N–H and O–H groups in total. The number of carbonyl (C=O) groups is 1. The first-order valence-corrected chi connectivity index (χ1v) is 7.42. The number of benzene rings is 2. The summed E-state index contributed by atoms with van der Waals surface area (Å²) >= 11 is 1.38. The van der Waals surface area contributed by atoms with Crippen LogP contribution in [0.25, 0.3) is 22.4 Å². The number of hydrogen-bond acceptors (Lipinski definition) is 3. The first kappa shape index (κ1) is 13.5. The third kappa shape index (κ3) is 3.17. The van der Waals surface area contributed by atoms with Gasteiger partial charge in [0.25, 0.3) is 0 Å². The molecule has 0 fully saturated rings. The average Bonchev–Trinajstić information content (AvgIpc) is 2.96. The van der Waals surface area contributed by atoms with Gasteiger partial charge in [-0.15, -0.1) is 11.3 Å². The van der Waals surface area contributed by atoms with Crippen LogP contribution in [0, 0.1) is 0 Å². The molecule has 0 saturated heterocycles. The Morgan fingerprint density at radius 3 is 2.24 bits per heavy atom. The Morgan fingerprint density at radius 1 is 0.952 bits per heavy atom. The van der Waals surface area contributed by atoms with E-state index in [9.17, 15) is 4.79 Å².